The molecule has 0 bridgehead atoms. The smallest absolute Gasteiger partial charge is 0.239 e. The van der Waals surface area contributed by atoms with Crippen molar-refractivity contribution >= 4 is 44.8 Å². The summed E-state index contributed by atoms with van der Waals surface area (Å²) in [6.07, 6.45) is 6.87. The summed E-state index contributed by atoms with van der Waals surface area (Å²) >= 11 is 6.51. The lowest BCUT2D eigenvalue weighted by Crippen LogP contribution is -2.54. The largest absolute Gasteiger partial charge is 0.334 e. The van der Waals surface area contributed by atoms with Crippen LogP contribution in [0, 0.1) is 0 Å². The Bertz CT molecular complexity index is 2560. The number of pyridine rings is 1. The van der Waals surface area contributed by atoms with Gasteiger partial charge in [0.15, 0.2) is 5.82 Å². The SMILES string of the molecule is [2H]c1c([2H])c(-c2nc(Cl)nc(-n3c4c([2H])c([2H])c([2H])c([2H])c4c4c([2H])c([2H])c([2H])c([2H])c43)n2)c([2H])c(N2c3ccncc3C3(C)CCCCC23C)c1[2H]. The first-order valence-electron chi connectivity index (χ1n) is 19.3. The molecule has 0 saturated heterocycles. The van der Waals surface area contributed by atoms with Crippen molar-refractivity contribution in [1.29, 1.82) is 0 Å². The van der Waals surface area contributed by atoms with Crippen molar-refractivity contribution in [2.24, 2.45) is 0 Å². The van der Waals surface area contributed by atoms with Crippen molar-refractivity contribution in [2.75, 3.05) is 4.90 Å². The highest BCUT2D eigenvalue weighted by atomic mass is 35.5. The van der Waals surface area contributed by atoms with Gasteiger partial charge in [0, 0.05) is 51.1 Å². The summed E-state index contributed by atoms with van der Waals surface area (Å²) < 4.78 is 106. The number of aromatic nitrogens is 5. The predicted octanol–water partition coefficient (Wildman–Crippen LogP) is 8.43. The zero-order chi connectivity index (χ0) is 38.2. The van der Waals surface area contributed by atoms with E-state index in [1.807, 2.05) is 11.0 Å². The van der Waals surface area contributed by atoms with E-state index >= 15 is 0 Å². The minimum Gasteiger partial charge on any atom is -0.334 e. The van der Waals surface area contributed by atoms with Crippen LogP contribution in [0.15, 0.2) is 91.0 Å². The molecular weight excluding hydrogens is 528 g/mol. The molecule has 3 aromatic heterocycles. The molecule has 0 radical (unpaired) electrons. The fourth-order valence-corrected chi connectivity index (χ4v) is 6.80. The maximum Gasteiger partial charge on any atom is 0.239 e. The summed E-state index contributed by atoms with van der Waals surface area (Å²) in [6.45, 7) is 4.22. The van der Waals surface area contributed by atoms with Gasteiger partial charge in [-0.3, -0.25) is 9.55 Å². The third kappa shape index (κ3) is 3.43. The molecule has 6 aromatic rings. The van der Waals surface area contributed by atoms with Gasteiger partial charge in [0.25, 0.3) is 0 Å². The third-order valence-corrected chi connectivity index (χ3v) is 8.96. The normalized spacial score (nSPS) is 25.9. The van der Waals surface area contributed by atoms with Crippen molar-refractivity contribution in [3.8, 4) is 17.3 Å². The molecule has 2 unspecified atom stereocenters. The van der Waals surface area contributed by atoms with Gasteiger partial charge < -0.3 is 4.90 Å². The van der Waals surface area contributed by atoms with Gasteiger partial charge in [0.05, 0.1) is 33.0 Å². The van der Waals surface area contributed by atoms with E-state index in [4.69, 9.17) is 26.7 Å². The Balaban J connectivity index is 1.45. The highest BCUT2D eigenvalue weighted by molar-refractivity contribution is 6.28. The van der Waals surface area contributed by atoms with Crippen LogP contribution in [0.2, 0.25) is 5.28 Å². The number of rotatable bonds is 3. The van der Waals surface area contributed by atoms with E-state index < -0.39 is 82.6 Å². The van der Waals surface area contributed by atoms with Gasteiger partial charge in [-0.1, -0.05) is 68.1 Å². The van der Waals surface area contributed by atoms with Gasteiger partial charge in [0.1, 0.15) is 0 Å². The molecule has 6 nitrogen and oxygen atoms in total. The number of halogens is 1. The number of nitrogens with zero attached hydrogens (tertiary/aromatic N) is 6. The molecule has 2 atom stereocenters. The van der Waals surface area contributed by atoms with Crippen molar-refractivity contribution in [3.63, 3.8) is 0 Å². The Labute approximate surface area is 260 Å². The van der Waals surface area contributed by atoms with Crippen molar-refractivity contribution in [1.82, 2.24) is 24.5 Å². The van der Waals surface area contributed by atoms with E-state index in [9.17, 15) is 1.37 Å². The number of hydrogen-bond donors (Lipinski definition) is 0. The molecule has 1 fully saturated rings. The fraction of sp³-hybridized carbons (Fsp3) is 0.235. The van der Waals surface area contributed by atoms with Crippen molar-refractivity contribution in [2.45, 2.75) is 50.5 Å². The molecule has 0 amide bonds. The van der Waals surface area contributed by atoms with Crippen LogP contribution in [0.4, 0.5) is 11.4 Å². The number of para-hydroxylation sites is 2. The van der Waals surface area contributed by atoms with Gasteiger partial charge in [0.2, 0.25) is 11.2 Å². The zero-order valence-corrected chi connectivity index (χ0v) is 22.9. The average Bonchev–Trinajstić information content (AvgIpc) is 3.59. The van der Waals surface area contributed by atoms with Crippen LogP contribution in [0.5, 0.6) is 0 Å². The Morgan fingerprint density at radius 3 is 2.37 bits per heavy atom. The van der Waals surface area contributed by atoms with E-state index in [0.29, 0.717) is 0 Å². The first-order chi connectivity index (χ1) is 25.0. The summed E-state index contributed by atoms with van der Waals surface area (Å²) in [5, 5.41) is -0.856. The van der Waals surface area contributed by atoms with Crippen LogP contribution >= 0.6 is 11.6 Å². The number of hydrogen-bond acceptors (Lipinski definition) is 5. The first-order valence-corrected chi connectivity index (χ1v) is 13.6. The highest BCUT2D eigenvalue weighted by Gasteiger charge is 2.57. The molecule has 1 aliphatic heterocycles. The lowest BCUT2D eigenvalue weighted by Gasteiger charge is -2.50. The molecule has 1 aliphatic carbocycles. The predicted molar refractivity (Wildman–Crippen MR) is 165 cm³/mol. The van der Waals surface area contributed by atoms with Crippen LogP contribution in [-0.2, 0) is 5.41 Å². The summed E-state index contributed by atoms with van der Waals surface area (Å²) in [5.74, 6) is -0.770. The molecule has 4 heterocycles. The number of benzene rings is 3. The Morgan fingerprint density at radius 1 is 0.854 bits per heavy atom. The van der Waals surface area contributed by atoms with E-state index in [-0.39, 0.29) is 51.0 Å². The molecule has 8 rings (SSSR count). The molecule has 3 aromatic carbocycles. The lowest BCUT2D eigenvalue weighted by molar-refractivity contribution is 0.194. The van der Waals surface area contributed by atoms with Gasteiger partial charge >= 0.3 is 0 Å². The molecule has 7 heteroatoms. The van der Waals surface area contributed by atoms with Crippen LogP contribution in [0.25, 0.3) is 39.1 Å². The molecule has 0 N–H and O–H groups in total. The molecule has 41 heavy (non-hydrogen) atoms. The lowest BCUT2D eigenvalue weighted by atomic mass is 9.62. The molecule has 2 aliphatic rings. The summed E-state index contributed by atoms with van der Waals surface area (Å²) in [5.41, 5.74) is -0.0325. The summed E-state index contributed by atoms with van der Waals surface area (Å²) in [6, 6.07) is -4.61. The maximum absolute atomic E-state index is 9.60. The van der Waals surface area contributed by atoms with Gasteiger partial charge in [-0.25, -0.2) is 0 Å². The average molecular weight is 569 g/mol. The first kappa shape index (κ1) is 15.1. The molecule has 202 valence electrons. The minimum atomic E-state index is -0.636. The molecule has 0 spiro atoms. The van der Waals surface area contributed by atoms with Crippen molar-refractivity contribution in [3.05, 3.63) is 102 Å². The minimum absolute atomic E-state index is 0.0692. The quantitative estimate of drug-likeness (QED) is 0.214. The second-order valence-corrected chi connectivity index (χ2v) is 11.1. The van der Waals surface area contributed by atoms with E-state index in [2.05, 4.69) is 33.8 Å². The third-order valence-electron chi connectivity index (χ3n) is 8.79. The maximum atomic E-state index is 9.60. The van der Waals surface area contributed by atoms with E-state index in [1.54, 1.807) is 12.4 Å². The van der Waals surface area contributed by atoms with Crippen LogP contribution in [-0.4, -0.2) is 30.0 Å². The zero-order valence-electron chi connectivity index (χ0n) is 34.1. The Kier molecular flexibility index (Phi) is 3.26. The van der Waals surface area contributed by atoms with E-state index in [0.717, 1.165) is 41.5 Å². The van der Waals surface area contributed by atoms with Crippen LogP contribution in [0.1, 0.15) is 61.5 Å². The molecular formula is C34H29ClN6. The van der Waals surface area contributed by atoms with Gasteiger partial charge in [-0.2, -0.15) is 15.0 Å². The Morgan fingerprint density at radius 2 is 1.59 bits per heavy atom. The van der Waals surface area contributed by atoms with Crippen LogP contribution < -0.4 is 4.90 Å². The van der Waals surface area contributed by atoms with Crippen molar-refractivity contribution < 1.29 is 16.4 Å². The number of anilines is 2. The summed E-state index contributed by atoms with van der Waals surface area (Å²) in [4.78, 5) is 19.3. The standard InChI is InChI=1S/C34H29ClN6/c1-33-17-7-8-18-34(33,2)41(29-16-19-36-21-26(29)33)23-11-9-10-22(20-23)30-37-31(35)39-32(38-30)40-27-14-5-3-12-24(27)25-13-4-6-15-28(25)40/h3-6,9-16,19-21H,7-8,17-18H2,1-2H3/i3D,4D,5D,6D,9D,10D,11D,12D,13D,14D,15D,20D. The Hall–Kier alpha value is -4.29. The fourth-order valence-electron chi connectivity index (χ4n) is 6.65. The monoisotopic (exact) mass is 568 g/mol. The van der Waals surface area contributed by atoms with E-state index in [1.165, 1.54) is 0 Å². The van der Waals surface area contributed by atoms with Gasteiger partial charge in [-0.15, -0.1) is 0 Å². The highest BCUT2D eigenvalue weighted by Crippen LogP contribution is 2.60. The van der Waals surface area contributed by atoms with Crippen LogP contribution in [0.3, 0.4) is 0 Å². The van der Waals surface area contributed by atoms with Gasteiger partial charge in [-0.05, 0) is 61.6 Å². The number of fused-ring (bicyclic) bond motifs is 6. The molecule has 1 saturated carbocycles. The second kappa shape index (κ2) is 8.85. The summed E-state index contributed by atoms with van der Waals surface area (Å²) in [7, 11) is 0. The second-order valence-electron chi connectivity index (χ2n) is 10.8. The topological polar surface area (TPSA) is 59.7 Å².